The molecule has 1 aliphatic carbocycles. The summed E-state index contributed by atoms with van der Waals surface area (Å²) in [7, 11) is -3.13. The Bertz CT molecular complexity index is 661. The second kappa shape index (κ2) is 7.47. The van der Waals surface area contributed by atoms with Crippen molar-refractivity contribution in [3.05, 3.63) is 34.9 Å². The first-order valence-corrected chi connectivity index (χ1v) is 10.1. The van der Waals surface area contributed by atoms with E-state index in [9.17, 15) is 13.2 Å². The molecule has 1 atom stereocenters. The van der Waals surface area contributed by atoms with E-state index in [0.29, 0.717) is 0 Å². The number of sulfone groups is 1. The molecule has 0 aliphatic heterocycles. The molecule has 4 nitrogen and oxygen atoms in total. The minimum absolute atomic E-state index is 0.0387. The summed E-state index contributed by atoms with van der Waals surface area (Å²) >= 11 is 0. The summed E-state index contributed by atoms with van der Waals surface area (Å²) < 4.78 is 24.4. The van der Waals surface area contributed by atoms with Gasteiger partial charge in [-0.25, -0.2) is 8.42 Å². The zero-order chi connectivity index (χ0) is 17.0. The van der Waals surface area contributed by atoms with Gasteiger partial charge in [0.1, 0.15) is 0 Å². The van der Waals surface area contributed by atoms with Crippen molar-refractivity contribution in [3.63, 3.8) is 0 Å². The van der Waals surface area contributed by atoms with Gasteiger partial charge < -0.3 is 5.32 Å². The van der Waals surface area contributed by atoms with E-state index in [4.69, 9.17) is 0 Å². The van der Waals surface area contributed by atoms with E-state index >= 15 is 0 Å². The van der Waals surface area contributed by atoms with Crippen molar-refractivity contribution in [2.45, 2.75) is 64.2 Å². The van der Waals surface area contributed by atoms with Gasteiger partial charge in [-0.3, -0.25) is 4.79 Å². The summed E-state index contributed by atoms with van der Waals surface area (Å²) in [6.07, 6.45) is 3.53. The number of rotatable bonds is 6. The molecule has 1 aromatic carbocycles. The highest BCUT2D eigenvalue weighted by Crippen LogP contribution is 2.25. The molecule has 5 heteroatoms. The fourth-order valence-corrected chi connectivity index (χ4v) is 5.12. The molecule has 1 fully saturated rings. The number of benzene rings is 1. The minimum atomic E-state index is -3.13. The van der Waals surface area contributed by atoms with Crippen LogP contribution in [0.5, 0.6) is 0 Å². The summed E-state index contributed by atoms with van der Waals surface area (Å²) in [4.78, 5) is 12.1. The molecule has 0 aromatic heterocycles. The Morgan fingerprint density at radius 3 is 2.57 bits per heavy atom. The van der Waals surface area contributed by atoms with Gasteiger partial charge in [-0.1, -0.05) is 36.6 Å². The summed E-state index contributed by atoms with van der Waals surface area (Å²) in [6.45, 7) is 5.97. The Hall–Kier alpha value is -1.36. The number of nitrogens with one attached hydrogen (secondary N) is 1. The highest BCUT2D eigenvalue weighted by Gasteiger charge is 2.29. The van der Waals surface area contributed by atoms with Crippen LogP contribution in [0, 0.1) is 13.8 Å². The SMILES string of the molecule is Cc1ccc(C)c([C@H](C)NC(=O)CCS(=O)(=O)C2CCCC2)c1. The molecule has 0 spiro atoms. The van der Waals surface area contributed by atoms with Gasteiger partial charge in [0, 0.05) is 6.42 Å². The molecule has 2 rings (SSSR count). The van der Waals surface area contributed by atoms with Crippen LogP contribution in [0.4, 0.5) is 0 Å². The average Bonchev–Trinajstić information content (AvgIpc) is 3.03. The Morgan fingerprint density at radius 2 is 1.91 bits per heavy atom. The van der Waals surface area contributed by atoms with Crippen molar-refractivity contribution in [1.82, 2.24) is 5.32 Å². The standard InChI is InChI=1S/C18H27NO3S/c1-13-8-9-14(2)17(12-13)15(3)19-18(20)10-11-23(21,22)16-6-4-5-7-16/h8-9,12,15-16H,4-7,10-11H2,1-3H3,(H,19,20)/t15-/m0/s1. The molecule has 1 aliphatic rings. The first-order chi connectivity index (χ1) is 10.8. The predicted molar refractivity (Wildman–Crippen MR) is 93.1 cm³/mol. The summed E-state index contributed by atoms with van der Waals surface area (Å²) in [5.74, 6) is -0.233. The first-order valence-electron chi connectivity index (χ1n) is 8.37. The van der Waals surface area contributed by atoms with Crippen molar-refractivity contribution < 1.29 is 13.2 Å². The van der Waals surface area contributed by atoms with Gasteiger partial charge >= 0.3 is 0 Å². The largest absolute Gasteiger partial charge is 0.350 e. The van der Waals surface area contributed by atoms with Gasteiger partial charge in [0.05, 0.1) is 17.0 Å². The van der Waals surface area contributed by atoms with Gasteiger partial charge in [0.15, 0.2) is 9.84 Å². The number of hydrogen-bond acceptors (Lipinski definition) is 3. The van der Waals surface area contributed by atoms with Crippen LogP contribution >= 0.6 is 0 Å². The van der Waals surface area contributed by atoms with E-state index in [1.807, 2.05) is 32.9 Å². The molecule has 0 heterocycles. The minimum Gasteiger partial charge on any atom is -0.350 e. The monoisotopic (exact) mass is 337 g/mol. The Labute approximate surface area is 139 Å². The molecule has 0 radical (unpaired) electrons. The lowest BCUT2D eigenvalue weighted by molar-refractivity contribution is -0.121. The maximum Gasteiger partial charge on any atom is 0.221 e. The van der Waals surface area contributed by atoms with E-state index < -0.39 is 9.84 Å². The molecule has 23 heavy (non-hydrogen) atoms. The summed E-state index contributed by atoms with van der Waals surface area (Å²) in [5, 5.41) is 2.69. The van der Waals surface area contributed by atoms with Crippen molar-refractivity contribution in [3.8, 4) is 0 Å². The predicted octanol–water partition coefficient (Wildman–Crippen LogP) is 3.23. The molecule has 0 bridgehead atoms. The van der Waals surface area contributed by atoms with Gasteiger partial charge in [0.25, 0.3) is 0 Å². The lowest BCUT2D eigenvalue weighted by Crippen LogP contribution is -2.30. The molecule has 0 unspecified atom stereocenters. The summed E-state index contributed by atoms with van der Waals surface area (Å²) in [5.41, 5.74) is 3.36. The molecule has 1 saturated carbocycles. The number of carbonyl (C=O) groups is 1. The number of carbonyl (C=O) groups excluding carboxylic acids is 1. The highest BCUT2D eigenvalue weighted by molar-refractivity contribution is 7.92. The topological polar surface area (TPSA) is 63.2 Å². The van der Waals surface area contributed by atoms with Crippen molar-refractivity contribution in [1.29, 1.82) is 0 Å². The van der Waals surface area contributed by atoms with E-state index in [2.05, 4.69) is 11.4 Å². The normalized spacial score (nSPS) is 17.2. The lowest BCUT2D eigenvalue weighted by Gasteiger charge is -2.18. The van der Waals surface area contributed by atoms with Gasteiger partial charge in [-0.2, -0.15) is 0 Å². The zero-order valence-corrected chi connectivity index (χ0v) is 15.1. The van der Waals surface area contributed by atoms with Crippen molar-refractivity contribution >= 4 is 15.7 Å². The zero-order valence-electron chi connectivity index (χ0n) is 14.3. The Morgan fingerprint density at radius 1 is 1.26 bits per heavy atom. The third kappa shape index (κ3) is 4.80. The van der Waals surface area contributed by atoms with Crippen LogP contribution in [0.15, 0.2) is 18.2 Å². The van der Waals surface area contributed by atoms with Crippen LogP contribution in [0.25, 0.3) is 0 Å². The van der Waals surface area contributed by atoms with Gasteiger partial charge in [-0.05, 0) is 44.7 Å². The first kappa shape index (κ1) is 18.0. The fraction of sp³-hybridized carbons (Fsp3) is 0.611. The van der Waals surface area contributed by atoms with E-state index in [1.165, 1.54) is 0 Å². The molecule has 0 saturated heterocycles. The van der Waals surface area contributed by atoms with E-state index in [0.717, 1.165) is 42.4 Å². The second-order valence-corrected chi connectivity index (χ2v) is 9.07. The molecule has 1 N–H and O–H groups in total. The number of amides is 1. The van der Waals surface area contributed by atoms with Crippen LogP contribution < -0.4 is 5.32 Å². The molecular formula is C18H27NO3S. The number of hydrogen-bond donors (Lipinski definition) is 1. The average molecular weight is 337 g/mol. The fourth-order valence-electron chi connectivity index (χ4n) is 3.27. The smallest absolute Gasteiger partial charge is 0.221 e. The maximum absolute atomic E-state index is 12.2. The third-order valence-electron chi connectivity index (χ3n) is 4.70. The van der Waals surface area contributed by atoms with Gasteiger partial charge in [-0.15, -0.1) is 0 Å². The maximum atomic E-state index is 12.2. The van der Waals surface area contributed by atoms with Crippen LogP contribution in [-0.2, 0) is 14.6 Å². The van der Waals surface area contributed by atoms with Crippen molar-refractivity contribution in [2.75, 3.05) is 5.75 Å². The molecule has 1 aromatic rings. The number of aryl methyl sites for hydroxylation is 2. The quantitative estimate of drug-likeness (QED) is 0.867. The Balaban J connectivity index is 1.90. The Kier molecular flexibility index (Phi) is 5.84. The van der Waals surface area contributed by atoms with E-state index in [-0.39, 0.29) is 29.4 Å². The lowest BCUT2D eigenvalue weighted by atomic mass is 10.00. The van der Waals surface area contributed by atoms with Crippen LogP contribution in [-0.4, -0.2) is 25.3 Å². The van der Waals surface area contributed by atoms with Crippen molar-refractivity contribution in [2.24, 2.45) is 0 Å². The van der Waals surface area contributed by atoms with Crippen LogP contribution in [0.3, 0.4) is 0 Å². The molecular weight excluding hydrogens is 310 g/mol. The summed E-state index contributed by atoms with van der Waals surface area (Å²) in [6, 6.07) is 6.03. The van der Waals surface area contributed by atoms with Gasteiger partial charge in [0.2, 0.25) is 5.91 Å². The second-order valence-electron chi connectivity index (χ2n) is 6.67. The molecule has 1 amide bonds. The van der Waals surface area contributed by atoms with E-state index in [1.54, 1.807) is 0 Å². The third-order valence-corrected chi connectivity index (χ3v) is 6.96. The molecule has 128 valence electrons. The van der Waals surface area contributed by atoms with Crippen LogP contribution in [0.1, 0.15) is 61.8 Å². The highest BCUT2D eigenvalue weighted by atomic mass is 32.2. The van der Waals surface area contributed by atoms with Crippen LogP contribution in [0.2, 0.25) is 0 Å².